The zero-order chi connectivity index (χ0) is 9.68. The highest BCUT2D eigenvalue weighted by Gasteiger charge is 2.07. The molecule has 0 aliphatic rings. The van der Waals surface area contributed by atoms with Gasteiger partial charge >= 0.3 is 0 Å². The van der Waals surface area contributed by atoms with Crippen LogP contribution in [0.4, 0.5) is 0 Å². The molecule has 0 bridgehead atoms. The van der Waals surface area contributed by atoms with Crippen LogP contribution in [0.15, 0.2) is 18.6 Å². The molecule has 0 radical (unpaired) electrons. The number of hydrogen-bond acceptors (Lipinski definition) is 3. The lowest BCUT2D eigenvalue weighted by molar-refractivity contribution is 0.462. The van der Waals surface area contributed by atoms with Gasteiger partial charge in [0.1, 0.15) is 0 Å². The number of rotatable bonds is 4. The van der Waals surface area contributed by atoms with E-state index in [1.165, 1.54) is 0 Å². The van der Waals surface area contributed by atoms with E-state index in [4.69, 9.17) is 5.73 Å². The van der Waals surface area contributed by atoms with Crippen LogP contribution in [0.25, 0.3) is 0 Å². The molecule has 72 valence electrons. The number of nitrogens with zero attached hydrogens (tertiary/aromatic N) is 2. The highest BCUT2D eigenvalue weighted by Crippen LogP contribution is 2.06. The maximum Gasteiger partial charge on any atom is 0.0587 e. The molecule has 1 unspecified atom stereocenters. The predicted octanol–water partition coefficient (Wildman–Crippen LogP) is 1.39. The molecule has 0 amide bonds. The molecule has 13 heavy (non-hydrogen) atoms. The van der Waals surface area contributed by atoms with Crippen molar-refractivity contribution in [2.45, 2.75) is 32.7 Å². The van der Waals surface area contributed by atoms with Crippen molar-refractivity contribution in [2.75, 3.05) is 0 Å². The molecule has 3 nitrogen and oxygen atoms in total. The van der Waals surface area contributed by atoms with Crippen molar-refractivity contribution < 1.29 is 0 Å². The van der Waals surface area contributed by atoms with Gasteiger partial charge in [-0.05, 0) is 18.8 Å². The van der Waals surface area contributed by atoms with E-state index in [2.05, 4.69) is 23.8 Å². The maximum absolute atomic E-state index is 5.92. The zero-order valence-electron chi connectivity index (χ0n) is 8.27. The Morgan fingerprint density at radius 1 is 1.38 bits per heavy atom. The van der Waals surface area contributed by atoms with Crippen molar-refractivity contribution in [1.82, 2.24) is 9.97 Å². The monoisotopic (exact) mass is 179 g/mol. The van der Waals surface area contributed by atoms with Crippen LogP contribution in [-0.2, 0) is 6.42 Å². The molecule has 2 N–H and O–H groups in total. The molecule has 1 atom stereocenters. The Bertz CT molecular complexity index is 233. The van der Waals surface area contributed by atoms with Crippen LogP contribution in [-0.4, -0.2) is 16.0 Å². The van der Waals surface area contributed by atoms with Gasteiger partial charge in [0.2, 0.25) is 0 Å². The van der Waals surface area contributed by atoms with Crippen LogP contribution in [0.1, 0.15) is 26.0 Å². The first-order valence-electron chi connectivity index (χ1n) is 4.70. The van der Waals surface area contributed by atoms with E-state index in [0.717, 1.165) is 18.5 Å². The minimum Gasteiger partial charge on any atom is -0.327 e. The average Bonchev–Trinajstić information content (AvgIpc) is 2.15. The van der Waals surface area contributed by atoms with E-state index in [1.54, 1.807) is 18.6 Å². The van der Waals surface area contributed by atoms with Gasteiger partial charge in [-0.3, -0.25) is 9.97 Å². The van der Waals surface area contributed by atoms with Gasteiger partial charge in [-0.25, -0.2) is 0 Å². The molecular formula is C10H17N3. The van der Waals surface area contributed by atoms with Crippen molar-refractivity contribution in [2.24, 2.45) is 11.7 Å². The van der Waals surface area contributed by atoms with Gasteiger partial charge in [-0.1, -0.05) is 13.8 Å². The van der Waals surface area contributed by atoms with E-state index in [-0.39, 0.29) is 6.04 Å². The summed E-state index contributed by atoms with van der Waals surface area (Å²) in [6.45, 7) is 4.28. The Balaban J connectivity index is 2.35. The average molecular weight is 179 g/mol. The molecule has 0 saturated carbocycles. The highest BCUT2D eigenvalue weighted by molar-refractivity contribution is 4.95. The molecule has 0 saturated heterocycles. The molecule has 0 aliphatic heterocycles. The minimum absolute atomic E-state index is 0.266. The summed E-state index contributed by atoms with van der Waals surface area (Å²) in [7, 11) is 0. The second-order valence-corrected chi connectivity index (χ2v) is 3.64. The molecule has 0 aromatic carbocycles. The Hall–Kier alpha value is -0.960. The van der Waals surface area contributed by atoms with Crippen LogP contribution < -0.4 is 5.73 Å². The SMILES string of the molecule is CC(C)C(N)CCc1cnccn1. The largest absolute Gasteiger partial charge is 0.327 e. The lowest BCUT2D eigenvalue weighted by Gasteiger charge is -2.14. The van der Waals surface area contributed by atoms with E-state index in [9.17, 15) is 0 Å². The molecule has 3 heteroatoms. The quantitative estimate of drug-likeness (QED) is 0.760. The van der Waals surface area contributed by atoms with Crippen molar-refractivity contribution >= 4 is 0 Å². The second-order valence-electron chi connectivity index (χ2n) is 3.64. The molecule has 0 fully saturated rings. The van der Waals surface area contributed by atoms with Crippen molar-refractivity contribution in [1.29, 1.82) is 0 Å². The van der Waals surface area contributed by atoms with Crippen molar-refractivity contribution in [3.8, 4) is 0 Å². The minimum atomic E-state index is 0.266. The summed E-state index contributed by atoms with van der Waals surface area (Å²) in [6.07, 6.45) is 7.11. The number of hydrogen-bond donors (Lipinski definition) is 1. The summed E-state index contributed by atoms with van der Waals surface area (Å²) in [5.74, 6) is 0.539. The van der Waals surface area contributed by atoms with Gasteiger partial charge in [-0.2, -0.15) is 0 Å². The Morgan fingerprint density at radius 2 is 2.15 bits per heavy atom. The summed E-state index contributed by atoms with van der Waals surface area (Å²) < 4.78 is 0. The smallest absolute Gasteiger partial charge is 0.0587 e. The Labute approximate surface area is 79.4 Å². The van der Waals surface area contributed by atoms with Gasteiger partial charge in [-0.15, -0.1) is 0 Å². The fraction of sp³-hybridized carbons (Fsp3) is 0.600. The summed E-state index contributed by atoms with van der Waals surface area (Å²) in [4.78, 5) is 8.20. The van der Waals surface area contributed by atoms with Gasteiger partial charge in [0.05, 0.1) is 5.69 Å². The molecule has 1 aromatic heterocycles. The Morgan fingerprint density at radius 3 is 2.69 bits per heavy atom. The molecule has 1 aromatic rings. The van der Waals surface area contributed by atoms with Gasteiger partial charge in [0, 0.05) is 24.6 Å². The number of aryl methyl sites for hydroxylation is 1. The summed E-state index contributed by atoms with van der Waals surface area (Å²) in [5, 5.41) is 0. The Kier molecular flexibility index (Phi) is 3.83. The normalized spacial score (nSPS) is 13.2. The van der Waals surface area contributed by atoms with Crippen LogP contribution >= 0.6 is 0 Å². The fourth-order valence-corrected chi connectivity index (χ4v) is 1.11. The van der Waals surface area contributed by atoms with Crippen LogP contribution in [0.3, 0.4) is 0 Å². The third-order valence-corrected chi connectivity index (χ3v) is 2.21. The molecule has 1 heterocycles. The van der Waals surface area contributed by atoms with Gasteiger partial charge in [0.25, 0.3) is 0 Å². The first-order chi connectivity index (χ1) is 6.20. The van der Waals surface area contributed by atoms with Gasteiger partial charge < -0.3 is 5.73 Å². The van der Waals surface area contributed by atoms with Crippen LogP contribution in [0.2, 0.25) is 0 Å². The highest BCUT2D eigenvalue weighted by atomic mass is 14.8. The maximum atomic E-state index is 5.92. The van der Waals surface area contributed by atoms with Crippen molar-refractivity contribution in [3.05, 3.63) is 24.3 Å². The lowest BCUT2D eigenvalue weighted by atomic mass is 10.00. The standard InChI is InChI=1S/C10H17N3/c1-8(2)10(11)4-3-9-7-12-5-6-13-9/h5-8,10H,3-4,11H2,1-2H3. The summed E-state index contributed by atoms with van der Waals surface area (Å²) in [5.41, 5.74) is 6.94. The third kappa shape index (κ3) is 3.51. The lowest BCUT2D eigenvalue weighted by Crippen LogP contribution is -2.26. The second kappa shape index (κ2) is 4.92. The third-order valence-electron chi connectivity index (χ3n) is 2.21. The van der Waals surface area contributed by atoms with Crippen LogP contribution in [0.5, 0.6) is 0 Å². The van der Waals surface area contributed by atoms with Gasteiger partial charge in [0.15, 0.2) is 0 Å². The molecule has 0 aliphatic carbocycles. The number of aromatic nitrogens is 2. The summed E-state index contributed by atoms with van der Waals surface area (Å²) >= 11 is 0. The first-order valence-corrected chi connectivity index (χ1v) is 4.70. The fourth-order valence-electron chi connectivity index (χ4n) is 1.11. The van der Waals surface area contributed by atoms with E-state index < -0.39 is 0 Å². The van der Waals surface area contributed by atoms with E-state index >= 15 is 0 Å². The molecule has 1 rings (SSSR count). The van der Waals surface area contributed by atoms with E-state index in [1.807, 2.05) is 0 Å². The van der Waals surface area contributed by atoms with Crippen LogP contribution in [0, 0.1) is 5.92 Å². The summed E-state index contributed by atoms with van der Waals surface area (Å²) in [6, 6.07) is 0.266. The molecular weight excluding hydrogens is 162 g/mol. The van der Waals surface area contributed by atoms with E-state index in [0.29, 0.717) is 5.92 Å². The topological polar surface area (TPSA) is 51.8 Å². The predicted molar refractivity (Wildman–Crippen MR) is 53.2 cm³/mol. The molecule has 0 spiro atoms. The zero-order valence-corrected chi connectivity index (χ0v) is 8.27. The first kappa shape index (κ1) is 10.1. The van der Waals surface area contributed by atoms with Crippen molar-refractivity contribution in [3.63, 3.8) is 0 Å². The number of nitrogens with two attached hydrogens (primary N) is 1.